The molecule has 0 aliphatic carbocycles. The maximum Gasteiger partial charge on any atom is 0.373 e. The molecule has 1 N–H and O–H groups in total. The number of carboxylic acid groups (broad SMARTS) is 1. The summed E-state index contributed by atoms with van der Waals surface area (Å²) in [4.78, 5) is 26.9. The number of rotatable bonds is 2. The van der Waals surface area contributed by atoms with Gasteiger partial charge in [0.25, 0.3) is 0 Å². The van der Waals surface area contributed by atoms with Crippen LogP contribution < -0.4 is 0 Å². The first-order chi connectivity index (χ1) is 8.69. The van der Waals surface area contributed by atoms with E-state index < -0.39 is 5.97 Å². The summed E-state index contributed by atoms with van der Waals surface area (Å²) in [7, 11) is 0. The Morgan fingerprint density at radius 1 is 0.833 bits per heavy atom. The molecule has 2 aromatic carbocycles. The molecule has 0 radical (unpaired) electrons. The van der Waals surface area contributed by atoms with Crippen LogP contribution in [0.25, 0.3) is 11.1 Å². The Balaban J connectivity index is 0.000000492. The van der Waals surface area contributed by atoms with E-state index in [9.17, 15) is 4.79 Å². The molecule has 0 spiro atoms. The van der Waals surface area contributed by atoms with Crippen LogP contribution in [0.5, 0.6) is 0 Å². The van der Waals surface area contributed by atoms with Crippen LogP contribution in [0.15, 0.2) is 54.6 Å². The number of carboxylic acids is 1. The van der Waals surface area contributed by atoms with Crippen LogP contribution in [0, 0.1) is 0 Å². The Kier molecular flexibility index (Phi) is 5.03. The van der Waals surface area contributed by atoms with E-state index in [1.807, 2.05) is 42.5 Å². The van der Waals surface area contributed by atoms with Crippen molar-refractivity contribution in [3.63, 3.8) is 0 Å². The zero-order valence-electron chi connectivity index (χ0n) is 9.37. The lowest BCUT2D eigenvalue weighted by Crippen LogP contribution is -1.94. The molecule has 4 nitrogen and oxygen atoms in total. The second-order valence-electron chi connectivity index (χ2n) is 3.33. The summed E-state index contributed by atoms with van der Waals surface area (Å²) in [5.41, 5.74) is 2.43. The monoisotopic (exact) mass is 242 g/mol. The second-order valence-corrected chi connectivity index (χ2v) is 3.33. The predicted octanol–water partition coefficient (Wildman–Crippen LogP) is 2.47. The highest BCUT2D eigenvalue weighted by Crippen LogP contribution is 2.18. The van der Waals surface area contributed by atoms with Crippen LogP contribution in [-0.4, -0.2) is 17.2 Å². The van der Waals surface area contributed by atoms with Crippen LogP contribution in [0.3, 0.4) is 0 Å². The molecule has 0 amide bonds. The highest BCUT2D eigenvalue weighted by molar-refractivity contribution is 5.88. The lowest BCUT2D eigenvalue weighted by atomic mass is 10.0. The number of carbonyl (C=O) groups is 1. The van der Waals surface area contributed by atoms with Gasteiger partial charge in [-0.25, -0.2) is 4.79 Å². The average Bonchev–Trinajstić information content (AvgIpc) is 2.41. The van der Waals surface area contributed by atoms with Crippen molar-refractivity contribution in [1.82, 2.24) is 0 Å². The van der Waals surface area contributed by atoms with Crippen LogP contribution in [0.2, 0.25) is 0 Å². The van der Waals surface area contributed by atoms with Crippen molar-refractivity contribution in [1.29, 1.82) is 0 Å². The number of carbonyl (C=O) groups excluding carboxylic acids is 2. The van der Waals surface area contributed by atoms with E-state index in [0.29, 0.717) is 5.56 Å². The van der Waals surface area contributed by atoms with E-state index in [-0.39, 0.29) is 6.15 Å². The van der Waals surface area contributed by atoms with Crippen molar-refractivity contribution in [3.05, 3.63) is 60.2 Å². The zero-order chi connectivity index (χ0) is 13.4. The van der Waals surface area contributed by atoms with E-state index >= 15 is 0 Å². The van der Waals surface area contributed by atoms with Gasteiger partial charge in [-0.15, -0.1) is 0 Å². The molecule has 0 bridgehead atoms. The van der Waals surface area contributed by atoms with Crippen molar-refractivity contribution in [2.45, 2.75) is 0 Å². The molecule has 0 heterocycles. The van der Waals surface area contributed by atoms with E-state index in [1.165, 1.54) is 0 Å². The molecule has 0 aromatic heterocycles. The van der Waals surface area contributed by atoms with Gasteiger partial charge in [0.2, 0.25) is 0 Å². The summed E-state index contributed by atoms with van der Waals surface area (Å²) < 4.78 is 0. The normalized spacial score (nSPS) is 8.67. The molecule has 0 saturated heterocycles. The minimum absolute atomic E-state index is 0.250. The van der Waals surface area contributed by atoms with Crippen molar-refractivity contribution in [3.8, 4) is 11.1 Å². The third kappa shape index (κ3) is 3.70. The topological polar surface area (TPSA) is 71.4 Å². The third-order valence-electron chi connectivity index (χ3n) is 2.24. The molecule has 0 aliphatic heterocycles. The van der Waals surface area contributed by atoms with Crippen LogP contribution in [-0.2, 0) is 9.59 Å². The summed E-state index contributed by atoms with van der Waals surface area (Å²) in [5.74, 6) is -0.894. The Labute approximate surface area is 104 Å². The van der Waals surface area contributed by atoms with Crippen molar-refractivity contribution in [2.24, 2.45) is 0 Å². The molecule has 0 aliphatic rings. The molecule has 90 valence electrons. The van der Waals surface area contributed by atoms with Gasteiger partial charge in [0.05, 0.1) is 5.56 Å². The highest BCUT2D eigenvalue weighted by Gasteiger charge is 2.02. The average molecular weight is 242 g/mol. The van der Waals surface area contributed by atoms with Gasteiger partial charge in [-0.1, -0.05) is 42.5 Å². The standard InChI is InChI=1S/C13H10O2.CO2/c14-13(15)12-8-6-11(7-9-12)10-4-2-1-3-5-10;2-1-3/h1-9H,(H,14,15);. The minimum atomic E-state index is -0.894. The van der Waals surface area contributed by atoms with Gasteiger partial charge in [0.15, 0.2) is 0 Å². The minimum Gasteiger partial charge on any atom is -0.478 e. The summed E-state index contributed by atoms with van der Waals surface area (Å²) in [5, 5.41) is 8.75. The SMILES string of the molecule is O=C(O)c1ccc(-c2ccccc2)cc1.O=C=O. The highest BCUT2D eigenvalue weighted by atomic mass is 16.4. The number of hydrogen-bond donors (Lipinski definition) is 1. The van der Waals surface area contributed by atoms with Gasteiger partial charge < -0.3 is 5.11 Å². The van der Waals surface area contributed by atoms with Crippen molar-refractivity contribution in [2.75, 3.05) is 0 Å². The van der Waals surface area contributed by atoms with Gasteiger partial charge in [-0.3, -0.25) is 0 Å². The Hall–Kier alpha value is -2.71. The molecule has 4 heteroatoms. The summed E-state index contributed by atoms with van der Waals surface area (Å²) in [6.07, 6.45) is 0.250. The molecule has 0 saturated carbocycles. The van der Waals surface area contributed by atoms with Crippen molar-refractivity contribution >= 4 is 12.1 Å². The number of benzene rings is 2. The van der Waals surface area contributed by atoms with Gasteiger partial charge in [0, 0.05) is 0 Å². The first kappa shape index (κ1) is 13.4. The fraction of sp³-hybridized carbons (Fsp3) is 0. The Bertz CT molecular complexity index is 538. The zero-order valence-corrected chi connectivity index (χ0v) is 9.37. The first-order valence-electron chi connectivity index (χ1n) is 5.07. The summed E-state index contributed by atoms with van der Waals surface area (Å²) >= 11 is 0. The van der Waals surface area contributed by atoms with E-state index in [4.69, 9.17) is 14.7 Å². The molecule has 2 aromatic rings. The Morgan fingerprint density at radius 3 is 1.72 bits per heavy atom. The fourth-order valence-corrected chi connectivity index (χ4v) is 1.44. The van der Waals surface area contributed by atoms with Gasteiger partial charge in [-0.05, 0) is 23.3 Å². The predicted molar refractivity (Wildman–Crippen MR) is 63.8 cm³/mol. The molecular weight excluding hydrogens is 232 g/mol. The van der Waals surface area contributed by atoms with Gasteiger partial charge in [0.1, 0.15) is 0 Å². The largest absolute Gasteiger partial charge is 0.478 e. The molecule has 0 fully saturated rings. The van der Waals surface area contributed by atoms with Gasteiger partial charge >= 0.3 is 12.1 Å². The molecule has 0 atom stereocenters. The first-order valence-corrected chi connectivity index (χ1v) is 5.07. The van der Waals surface area contributed by atoms with Crippen LogP contribution in [0.1, 0.15) is 10.4 Å². The molecular formula is C14H10O4. The molecule has 18 heavy (non-hydrogen) atoms. The van der Waals surface area contributed by atoms with E-state index in [0.717, 1.165) is 11.1 Å². The van der Waals surface area contributed by atoms with Crippen molar-refractivity contribution < 1.29 is 19.5 Å². The summed E-state index contributed by atoms with van der Waals surface area (Å²) in [6, 6.07) is 16.7. The molecule has 0 unspecified atom stereocenters. The van der Waals surface area contributed by atoms with Gasteiger partial charge in [-0.2, -0.15) is 9.59 Å². The Morgan fingerprint density at radius 2 is 1.28 bits per heavy atom. The lowest BCUT2D eigenvalue weighted by Gasteiger charge is -2.01. The number of aromatic carboxylic acids is 1. The van der Waals surface area contributed by atoms with Crippen LogP contribution >= 0.6 is 0 Å². The fourth-order valence-electron chi connectivity index (χ4n) is 1.44. The number of hydrogen-bond acceptors (Lipinski definition) is 3. The molecule has 2 rings (SSSR count). The van der Waals surface area contributed by atoms with E-state index in [2.05, 4.69) is 0 Å². The quantitative estimate of drug-likeness (QED) is 0.878. The maximum absolute atomic E-state index is 10.6. The third-order valence-corrected chi connectivity index (χ3v) is 2.24. The summed E-state index contributed by atoms with van der Waals surface area (Å²) in [6.45, 7) is 0. The smallest absolute Gasteiger partial charge is 0.373 e. The second kappa shape index (κ2) is 6.78. The lowest BCUT2D eigenvalue weighted by molar-refractivity contribution is -0.191. The van der Waals surface area contributed by atoms with Crippen LogP contribution in [0.4, 0.5) is 0 Å². The van der Waals surface area contributed by atoms with E-state index in [1.54, 1.807) is 12.1 Å². The maximum atomic E-state index is 10.6.